The molecule has 8 N–H and O–H groups in total. The van der Waals surface area contributed by atoms with Crippen molar-refractivity contribution in [3.05, 3.63) is 35.9 Å². The molecule has 0 aliphatic carbocycles. The molecule has 0 radical (unpaired) electrons. The quantitative estimate of drug-likeness (QED) is 0.0528. The van der Waals surface area contributed by atoms with Crippen LogP contribution in [-0.4, -0.2) is 111 Å². The van der Waals surface area contributed by atoms with Gasteiger partial charge in [-0.15, -0.1) is 0 Å². The molecule has 2 amide bonds. The second-order valence-electron chi connectivity index (χ2n) is 14.4. The van der Waals surface area contributed by atoms with Crippen LogP contribution < -0.4 is 10.6 Å². The number of nitrogens with one attached hydrogen (secondary N) is 2. The zero-order valence-electron chi connectivity index (χ0n) is 31.6. The molecule has 52 heavy (non-hydrogen) atoms. The van der Waals surface area contributed by atoms with Crippen molar-refractivity contribution in [1.29, 1.82) is 0 Å². The van der Waals surface area contributed by atoms with E-state index in [9.17, 15) is 40.2 Å². The third kappa shape index (κ3) is 18.7. The lowest BCUT2D eigenvalue weighted by atomic mass is 9.98. The number of carbonyl (C=O) groups excluding carboxylic acids is 2. The molecule has 300 valence electrons. The summed E-state index contributed by atoms with van der Waals surface area (Å²) in [4.78, 5) is 25.1. The molecule has 1 aromatic rings. The summed E-state index contributed by atoms with van der Waals surface area (Å²) < 4.78 is 11.1. The first kappa shape index (κ1) is 46.0. The van der Waals surface area contributed by atoms with Crippen LogP contribution in [0.1, 0.15) is 146 Å². The molecule has 1 heterocycles. The monoisotopic (exact) mass is 739 g/mol. The minimum atomic E-state index is -1.63. The molecular formula is C40H70N2O10. The number of aliphatic hydroxyl groups excluding tert-OH is 6. The van der Waals surface area contributed by atoms with Gasteiger partial charge in [-0.1, -0.05) is 128 Å². The van der Waals surface area contributed by atoms with Gasteiger partial charge in [0.25, 0.3) is 5.91 Å². The van der Waals surface area contributed by atoms with Gasteiger partial charge in [-0.2, -0.15) is 0 Å². The highest BCUT2D eigenvalue weighted by atomic mass is 16.7. The van der Waals surface area contributed by atoms with Crippen molar-refractivity contribution in [3.8, 4) is 0 Å². The van der Waals surface area contributed by atoms with Crippen molar-refractivity contribution in [2.24, 2.45) is 0 Å². The van der Waals surface area contributed by atoms with Gasteiger partial charge in [-0.3, -0.25) is 9.59 Å². The fraction of sp³-hybridized carbons (Fsp3) is 0.800. The van der Waals surface area contributed by atoms with E-state index < -0.39 is 55.6 Å². The Labute approximate surface area is 311 Å². The number of aliphatic hydroxyl groups is 6. The lowest BCUT2D eigenvalue weighted by molar-refractivity contribution is -0.303. The van der Waals surface area contributed by atoms with Crippen molar-refractivity contribution in [2.45, 2.75) is 184 Å². The maximum absolute atomic E-state index is 12.9. The lowest BCUT2D eigenvalue weighted by Crippen LogP contribution is -2.60. The predicted molar refractivity (Wildman–Crippen MR) is 200 cm³/mol. The number of carbonyl (C=O) groups is 2. The first-order chi connectivity index (χ1) is 25.2. The number of rotatable bonds is 30. The van der Waals surface area contributed by atoms with E-state index in [2.05, 4.69) is 17.6 Å². The number of benzene rings is 1. The van der Waals surface area contributed by atoms with E-state index in [-0.39, 0.29) is 24.8 Å². The lowest BCUT2D eigenvalue weighted by Gasteiger charge is -2.40. The van der Waals surface area contributed by atoms with Crippen LogP contribution in [0.15, 0.2) is 30.3 Å². The summed E-state index contributed by atoms with van der Waals surface area (Å²) in [6.45, 7) is 1.88. The van der Waals surface area contributed by atoms with E-state index in [0.717, 1.165) is 57.8 Å². The zero-order chi connectivity index (χ0) is 38.0. The van der Waals surface area contributed by atoms with Crippen LogP contribution in [0.3, 0.4) is 0 Å². The van der Waals surface area contributed by atoms with Crippen molar-refractivity contribution in [1.82, 2.24) is 10.6 Å². The Balaban J connectivity index is 1.73. The Morgan fingerprint density at radius 1 is 0.750 bits per heavy atom. The molecular weight excluding hydrogens is 668 g/mol. The average Bonchev–Trinajstić information content (AvgIpc) is 3.15. The van der Waals surface area contributed by atoms with Crippen LogP contribution in [-0.2, 0) is 14.3 Å². The third-order valence-corrected chi connectivity index (χ3v) is 9.95. The first-order valence-corrected chi connectivity index (χ1v) is 20.1. The highest BCUT2D eigenvalue weighted by molar-refractivity contribution is 5.94. The molecule has 1 aliphatic heterocycles. The Morgan fingerprint density at radius 2 is 1.31 bits per heavy atom. The molecule has 1 fully saturated rings. The van der Waals surface area contributed by atoms with Gasteiger partial charge >= 0.3 is 0 Å². The minimum Gasteiger partial charge on any atom is -0.394 e. The van der Waals surface area contributed by atoms with Crippen molar-refractivity contribution in [2.75, 3.05) is 19.8 Å². The Kier molecular flexibility index (Phi) is 25.0. The van der Waals surface area contributed by atoms with Gasteiger partial charge in [0.1, 0.15) is 30.5 Å². The minimum absolute atomic E-state index is 0.0783. The second kappa shape index (κ2) is 28.3. The first-order valence-electron chi connectivity index (χ1n) is 20.1. The molecule has 3 unspecified atom stereocenters. The molecule has 12 nitrogen and oxygen atoms in total. The van der Waals surface area contributed by atoms with Gasteiger partial charge in [0, 0.05) is 18.5 Å². The highest BCUT2D eigenvalue weighted by Crippen LogP contribution is 2.23. The fourth-order valence-electron chi connectivity index (χ4n) is 6.55. The van der Waals surface area contributed by atoms with E-state index in [0.29, 0.717) is 24.9 Å². The summed E-state index contributed by atoms with van der Waals surface area (Å²) in [5, 5.41) is 67.8. The van der Waals surface area contributed by atoms with Crippen molar-refractivity contribution >= 4 is 11.8 Å². The van der Waals surface area contributed by atoms with Crippen LogP contribution >= 0.6 is 0 Å². The molecule has 2 rings (SSSR count). The molecule has 12 heteroatoms. The largest absolute Gasteiger partial charge is 0.394 e. The molecule has 0 aromatic heterocycles. The van der Waals surface area contributed by atoms with Gasteiger partial charge in [0.2, 0.25) is 5.91 Å². The van der Waals surface area contributed by atoms with Crippen LogP contribution in [0.2, 0.25) is 0 Å². The average molecular weight is 739 g/mol. The summed E-state index contributed by atoms with van der Waals surface area (Å²) in [7, 11) is 0. The van der Waals surface area contributed by atoms with Crippen LogP contribution in [0.5, 0.6) is 0 Å². The normalized spacial score (nSPS) is 22.1. The number of amides is 2. The Morgan fingerprint density at radius 3 is 1.90 bits per heavy atom. The molecule has 8 atom stereocenters. The maximum atomic E-state index is 12.9. The van der Waals surface area contributed by atoms with Crippen LogP contribution in [0.25, 0.3) is 0 Å². The van der Waals surface area contributed by atoms with E-state index in [1.54, 1.807) is 12.1 Å². The van der Waals surface area contributed by atoms with E-state index >= 15 is 0 Å². The molecule has 0 spiro atoms. The van der Waals surface area contributed by atoms with Gasteiger partial charge in [0.15, 0.2) is 6.29 Å². The molecule has 1 aromatic carbocycles. The summed E-state index contributed by atoms with van der Waals surface area (Å²) in [6, 6.07) is 8.07. The topological polar surface area (TPSA) is 198 Å². The summed E-state index contributed by atoms with van der Waals surface area (Å²) >= 11 is 0. The number of unbranched alkanes of at least 4 members (excludes halogenated alkanes) is 16. The van der Waals surface area contributed by atoms with Gasteiger partial charge in [-0.25, -0.2) is 0 Å². The molecule has 0 bridgehead atoms. The van der Waals surface area contributed by atoms with Gasteiger partial charge in [0.05, 0.1) is 25.4 Å². The number of hydrogen-bond donors (Lipinski definition) is 8. The van der Waals surface area contributed by atoms with Gasteiger partial charge in [-0.05, 0) is 31.4 Å². The van der Waals surface area contributed by atoms with E-state index in [1.807, 2.05) is 18.2 Å². The Hall–Kier alpha value is -2.16. The molecule has 0 saturated carbocycles. The van der Waals surface area contributed by atoms with E-state index in [1.165, 1.54) is 51.4 Å². The van der Waals surface area contributed by atoms with Crippen LogP contribution in [0, 0.1) is 0 Å². The van der Waals surface area contributed by atoms with Gasteiger partial charge < -0.3 is 50.7 Å². The predicted octanol–water partition coefficient (Wildman–Crippen LogP) is 4.26. The maximum Gasteiger partial charge on any atom is 0.251 e. The smallest absolute Gasteiger partial charge is 0.251 e. The number of ether oxygens (including phenoxy) is 2. The Bertz CT molecular complexity index is 1050. The summed E-state index contributed by atoms with van der Waals surface area (Å²) in [6.07, 6.45) is 10.0. The van der Waals surface area contributed by atoms with E-state index in [4.69, 9.17) is 9.47 Å². The van der Waals surface area contributed by atoms with Crippen LogP contribution in [0.4, 0.5) is 0 Å². The van der Waals surface area contributed by atoms with Crippen molar-refractivity contribution in [3.63, 3.8) is 0 Å². The highest BCUT2D eigenvalue weighted by Gasteiger charge is 2.44. The van der Waals surface area contributed by atoms with Crippen molar-refractivity contribution < 1.29 is 49.7 Å². The standard InChI is InChI=1S/C40H70N2O10/c1-2-3-4-5-6-7-8-9-10-11-14-20-25-32(44)35(46)31(29-51-40-38(49)37(48)36(47)33(28-43)52-40)42-34(45)26-21-15-12-13-16-22-27-41-39(50)30-23-18-17-19-24-30/h17-19,23-24,31-33,35-38,40,43-44,46-49H,2-16,20-22,25-29H2,1H3,(H,41,50)(H,42,45)/t31?,32?,33-,35?,36+,37+,38-,40+/m1/s1. The second-order valence-corrected chi connectivity index (χ2v) is 14.4. The third-order valence-electron chi connectivity index (χ3n) is 9.95. The SMILES string of the molecule is CCCCCCCCCCCCCCC(O)C(O)C(CO[C@H]1O[C@H](CO)[C@H](O)[C@H](O)[C@H]1O)NC(=O)CCCCCCCCNC(=O)c1ccccc1. The molecule has 1 saturated heterocycles. The zero-order valence-corrected chi connectivity index (χ0v) is 31.6. The molecule has 1 aliphatic rings. The fourth-order valence-corrected chi connectivity index (χ4v) is 6.55. The summed E-state index contributed by atoms with van der Waals surface area (Å²) in [5.41, 5.74) is 0.644. The number of hydrogen-bond acceptors (Lipinski definition) is 10. The summed E-state index contributed by atoms with van der Waals surface area (Å²) in [5.74, 6) is -0.395.